The third kappa shape index (κ3) is 2.12. The molecule has 4 rings (SSSR count). The van der Waals surface area contributed by atoms with Crippen molar-refractivity contribution in [1.82, 2.24) is 14.9 Å². The molecule has 0 saturated heterocycles. The first kappa shape index (κ1) is 13.5. The summed E-state index contributed by atoms with van der Waals surface area (Å²) in [5.74, 6) is 0. The van der Waals surface area contributed by atoms with Gasteiger partial charge in [-0.3, -0.25) is 9.36 Å². The largest absolute Gasteiger partial charge is 0.308 e. The summed E-state index contributed by atoms with van der Waals surface area (Å²) in [4.78, 5) is 17.2. The summed E-state index contributed by atoms with van der Waals surface area (Å²) >= 11 is 5.93. The molecular formula is C17H14ClN3O. The molecule has 4 nitrogen and oxygen atoms in total. The molecule has 1 aliphatic rings. The highest BCUT2D eigenvalue weighted by atomic mass is 35.5. The molecule has 1 aromatic carbocycles. The lowest BCUT2D eigenvalue weighted by Gasteiger charge is -2.13. The summed E-state index contributed by atoms with van der Waals surface area (Å²) in [5, 5.41) is 5.00. The summed E-state index contributed by atoms with van der Waals surface area (Å²) < 4.78 is 1.75. The molecule has 2 aromatic heterocycles. The van der Waals surface area contributed by atoms with Gasteiger partial charge in [-0.1, -0.05) is 23.7 Å². The molecule has 0 atom stereocenters. The summed E-state index contributed by atoms with van der Waals surface area (Å²) in [6, 6.07) is 11.5. The van der Waals surface area contributed by atoms with Gasteiger partial charge in [-0.05, 0) is 35.4 Å². The van der Waals surface area contributed by atoms with E-state index in [4.69, 9.17) is 11.6 Å². The number of fused-ring (bicyclic) bond motifs is 3. The SMILES string of the molecule is O=c1c2c(c3cccnc3n1Cc1ccc(Cl)cc1)CNC2. The van der Waals surface area contributed by atoms with Gasteiger partial charge in [0.25, 0.3) is 5.56 Å². The summed E-state index contributed by atoms with van der Waals surface area (Å²) in [5.41, 5.74) is 3.75. The van der Waals surface area contributed by atoms with Crippen molar-refractivity contribution >= 4 is 22.6 Å². The van der Waals surface area contributed by atoms with Crippen molar-refractivity contribution < 1.29 is 0 Å². The van der Waals surface area contributed by atoms with Crippen LogP contribution in [-0.2, 0) is 19.6 Å². The molecule has 0 unspecified atom stereocenters. The van der Waals surface area contributed by atoms with Gasteiger partial charge in [-0.25, -0.2) is 4.98 Å². The van der Waals surface area contributed by atoms with Crippen LogP contribution in [0.5, 0.6) is 0 Å². The van der Waals surface area contributed by atoms with E-state index in [9.17, 15) is 4.79 Å². The van der Waals surface area contributed by atoms with Crippen molar-refractivity contribution in [1.29, 1.82) is 0 Å². The molecule has 0 bridgehead atoms. The predicted octanol–water partition coefficient (Wildman–Crippen LogP) is 2.70. The van der Waals surface area contributed by atoms with Gasteiger partial charge in [0.2, 0.25) is 0 Å². The number of pyridine rings is 2. The number of halogens is 1. The van der Waals surface area contributed by atoms with E-state index in [1.807, 2.05) is 36.4 Å². The van der Waals surface area contributed by atoms with Crippen molar-refractivity contribution in [3.63, 3.8) is 0 Å². The molecule has 1 aliphatic heterocycles. The zero-order chi connectivity index (χ0) is 15.1. The molecule has 1 N–H and O–H groups in total. The smallest absolute Gasteiger partial charge is 0.257 e. The Balaban J connectivity index is 1.93. The highest BCUT2D eigenvalue weighted by Crippen LogP contribution is 2.22. The van der Waals surface area contributed by atoms with Gasteiger partial charge in [-0.15, -0.1) is 0 Å². The van der Waals surface area contributed by atoms with Gasteiger partial charge in [0.15, 0.2) is 0 Å². The number of hydrogen-bond donors (Lipinski definition) is 1. The lowest BCUT2D eigenvalue weighted by Crippen LogP contribution is -2.26. The Hall–Kier alpha value is -2.17. The first-order valence-corrected chi connectivity index (χ1v) is 7.56. The molecular weight excluding hydrogens is 298 g/mol. The van der Waals surface area contributed by atoms with Gasteiger partial charge in [0.05, 0.1) is 6.54 Å². The minimum atomic E-state index is 0.0427. The Kier molecular flexibility index (Phi) is 3.21. The second kappa shape index (κ2) is 5.23. The number of nitrogens with one attached hydrogen (secondary N) is 1. The second-order valence-electron chi connectivity index (χ2n) is 5.45. The number of hydrogen-bond acceptors (Lipinski definition) is 3. The maximum absolute atomic E-state index is 12.8. The van der Waals surface area contributed by atoms with Crippen LogP contribution in [-0.4, -0.2) is 9.55 Å². The van der Waals surface area contributed by atoms with Crippen molar-refractivity contribution in [2.75, 3.05) is 0 Å². The molecule has 0 amide bonds. The van der Waals surface area contributed by atoms with Crippen LogP contribution in [0, 0.1) is 0 Å². The topological polar surface area (TPSA) is 46.9 Å². The van der Waals surface area contributed by atoms with Crippen molar-refractivity contribution in [2.24, 2.45) is 0 Å². The average molecular weight is 312 g/mol. The van der Waals surface area contributed by atoms with Crippen LogP contribution in [0.25, 0.3) is 11.0 Å². The van der Waals surface area contributed by atoms with Gasteiger partial charge >= 0.3 is 0 Å². The van der Waals surface area contributed by atoms with Crippen LogP contribution in [0.15, 0.2) is 47.4 Å². The Bertz CT molecular complexity index is 916. The maximum Gasteiger partial charge on any atom is 0.257 e. The van der Waals surface area contributed by atoms with Crippen LogP contribution in [0.4, 0.5) is 0 Å². The van der Waals surface area contributed by atoms with E-state index in [-0.39, 0.29) is 5.56 Å². The van der Waals surface area contributed by atoms with Gasteiger partial charge in [0, 0.05) is 35.3 Å². The highest BCUT2D eigenvalue weighted by molar-refractivity contribution is 6.30. The molecule has 0 radical (unpaired) electrons. The van der Waals surface area contributed by atoms with Crippen molar-refractivity contribution in [2.45, 2.75) is 19.6 Å². The maximum atomic E-state index is 12.8. The monoisotopic (exact) mass is 311 g/mol. The second-order valence-corrected chi connectivity index (χ2v) is 5.89. The van der Waals surface area contributed by atoms with Crippen LogP contribution < -0.4 is 10.9 Å². The molecule has 22 heavy (non-hydrogen) atoms. The molecule has 0 fully saturated rings. The van der Waals surface area contributed by atoms with E-state index < -0.39 is 0 Å². The Morgan fingerprint density at radius 1 is 1.14 bits per heavy atom. The van der Waals surface area contributed by atoms with E-state index >= 15 is 0 Å². The van der Waals surface area contributed by atoms with Crippen LogP contribution >= 0.6 is 11.6 Å². The van der Waals surface area contributed by atoms with Crippen LogP contribution in [0.2, 0.25) is 5.02 Å². The fourth-order valence-electron chi connectivity index (χ4n) is 3.01. The van der Waals surface area contributed by atoms with Crippen molar-refractivity contribution in [3.8, 4) is 0 Å². The zero-order valence-electron chi connectivity index (χ0n) is 11.8. The number of nitrogens with zero attached hydrogens (tertiary/aromatic N) is 2. The number of benzene rings is 1. The van der Waals surface area contributed by atoms with Crippen LogP contribution in [0.3, 0.4) is 0 Å². The molecule has 5 heteroatoms. The third-order valence-corrected chi connectivity index (χ3v) is 4.34. The first-order chi connectivity index (χ1) is 10.7. The standard InChI is InChI=1S/C17H14ClN3O/c18-12-5-3-11(4-6-12)10-21-16-13(2-1-7-20-16)14-8-19-9-15(14)17(21)22/h1-7,19H,8-10H2. The third-order valence-electron chi connectivity index (χ3n) is 4.09. The Morgan fingerprint density at radius 3 is 2.73 bits per heavy atom. The molecule has 3 aromatic rings. The number of rotatable bonds is 2. The van der Waals surface area contributed by atoms with Gasteiger partial charge in [0.1, 0.15) is 5.65 Å². The van der Waals surface area contributed by atoms with Crippen LogP contribution in [0.1, 0.15) is 16.7 Å². The Morgan fingerprint density at radius 2 is 1.91 bits per heavy atom. The molecule has 110 valence electrons. The first-order valence-electron chi connectivity index (χ1n) is 7.18. The minimum Gasteiger partial charge on any atom is -0.308 e. The van der Waals surface area contributed by atoms with E-state index in [1.165, 1.54) is 0 Å². The van der Waals surface area contributed by atoms with E-state index in [1.54, 1.807) is 10.8 Å². The van der Waals surface area contributed by atoms with Gasteiger partial charge in [-0.2, -0.15) is 0 Å². The molecule has 0 aliphatic carbocycles. The predicted molar refractivity (Wildman–Crippen MR) is 87.1 cm³/mol. The van der Waals surface area contributed by atoms with E-state index in [0.717, 1.165) is 34.3 Å². The lowest BCUT2D eigenvalue weighted by atomic mass is 10.1. The minimum absolute atomic E-state index is 0.0427. The van der Waals surface area contributed by atoms with Gasteiger partial charge < -0.3 is 5.32 Å². The fourth-order valence-corrected chi connectivity index (χ4v) is 3.14. The van der Waals surface area contributed by atoms with Crippen molar-refractivity contribution in [3.05, 3.63) is 74.7 Å². The Labute approximate surface area is 132 Å². The lowest BCUT2D eigenvalue weighted by molar-refractivity contribution is 0.744. The normalized spacial score (nSPS) is 13.5. The van der Waals surface area contributed by atoms with E-state index in [2.05, 4.69) is 10.3 Å². The molecule has 3 heterocycles. The summed E-state index contributed by atoms with van der Waals surface area (Å²) in [6.45, 7) is 1.85. The highest BCUT2D eigenvalue weighted by Gasteiger charge is 2.20. The number of aromatic nitrogens is 2. The summed E-state index contributed by atoms with van der Waals surface area (Å²) in [7, 11) is 0. The zero-order valence-corrected chi connectivity index (χ0v) is 12.6. The molecule has 0 spiro atoms. The summed E-state index contributed by atoms with van der Waals surface area (Å²) in [6.07, 6.45) is 1.73. The fraction of sp³-hybridized carbons (Fsp3) is 0.176. The average Bonchev–Trinajstić information content (AvgIpc) is 3.03. The van der Waals surface area contributed by atoms with E-state index in [0.29, 0.717) is 18.1 Å². The molecule has 0 saturated carbocycles. The quantitative estimate of drug-likeness (QED) is 0.791.